The number of benzene rings is 1. The summed E-state index contributed by atoms with van der Waals surface area (Å²) in [6.07, 6.45) is 5.04. The fourth-order valence-electron chi connectivity index (χ4n) is 4.57. The lowest BCUT2D eigenvalue weighted by molar-refractivity contribution is -0.109. The smallest absolute Gasteiger partial charge is 0.182 e. The minimum absolute atomic E-state index is 0.0279. The van der Waals surface area contributed by atoms with Crippen molar-refractivity contribution in [2.24, 2.45) is 5.92 Å². The summed E-state index contributed by atoms with van der Waals surface area (Å²) in [4.78, 5) is 16.0. The molecule has 2 aromatic rings. The van der Waals surface area contributed by atoms with Gasteiger partial charge in [0, 0.05) is 11.5 Å². The molecule has 20 heavy (non-hydrogen) atoms. The highest BCUT2D eigenvalue weighted by atomic mass is 16.3. The van der Waals surface area contributed by atoms with E-state index in [1.165, 1.54) is 29.5 Å². The average molecular weight is 269 g/mol. The number of oxazole rings is 1. The molecule has 0 radical (unpaired) electrons. The quantitative estimate of drug-likeness (QED) is 0.733. The molecule has 0 saturated heterocycles. The number of fused-ring (bicyclic) bond motifs is 2. The van der Waals surface area contributed by atoms with Crippen LogP contribution in [-0.2, 0) is 4.79 Å². The van der Waals surface area contributed by atoms with E-state index in [0.29, 0.717) is 17.8 Å². The maximum atomic E-state index is 11.6. The van der Waals surface area contributed by atoms with Crippen LogP contribution in [0.5, 0.6) is 0 Å². The van der Waals surface area contributed by atoms with Crippen molar-refractivity contribution >= 4 is 17.4 Å². The highest BCUT2D eigenvalue weighted by molar-refractivity contribution is 5.87. The van der Waals surface area contributed by atoms with Gasteiger partial charge in [0.1, 0.15) is 11.8 Å². The van der Waals surface area contributed by atoms with Gasteiger partial charge in [-0.15, -0.1) is 0 Å². The van der Waals surface area contributed by atoms with E-state index in [-0.39, 0.29) is 5.92 Å². The number of hydrogen-bond acceptors (Lipinski definition) is 3. The van der Waals surface area contributed by atoms with Crippen molar-refractivity contribution in [1.82, 2.24) is 4.98 Å². The number of aldehydes is 1. The monoisotopic (exact) mass is 269 g/mol. The Morgan fingerprint density at radius 2 is 2.05 bits per heavy atom. The molecule has 1 heterocycles. The summed E-state index contributed by atoms with van der Waals surface area (Å²) in [6, 6.07) is 0. The number of nitrogens with zero attached hydrogens (tertiary/aromatic N) is 1. The zero-order chi connectivity index (χ0) is 14.0. The molecule has 2 aliphatic carbocycles. The standard InChI is InChI=1S/C17H19NO2/c1-8-4-5-11-9(2)12(6-19)14-10(3)16-17(20-7-18-16)13(8)15(11)14/h6-9,11-12H,4-5H2,1-3H3/t8-,9+,11?,12?/m0/s1. The Morgan fingerprint density at radius 3 is 2.80 bits per heavy atom. The van der Waals surface area contributed by atoms with Gasteiger partial charge in [-0.1, -0.05) is 13.8 Å². The molecule has 4 atom stereocenters. The van der Waals surface area contributed by atoms with Gasteiger partial charge in [0.05, 0.1) is 0 Å². The Morgan fingerprint density at radius 1 is 1.25 bits per heavy atom. The maximum absolute atomic E-state index is 11.6. The van der Waals surface area contributed by atoms with Crippen LogP contribution in [0.25, 0.3) is 11.1 Å². The van der Waals surface area contributed by atoms with Crippen molar-refractivity contribution < 1.29 is 9.21 Å². The first-order valence-electron chi connectivity index (χ1n) is 7.49. The first-order chi connectivity index (χ1) is 9.65. The van der Waals surface area contributed by atoms with Gasteiger partial charge in [0.25, 0.3) is 0 Å². The summed E-state index contributed by atoms with van der Waals surface area (Å²) < 4.78 is 5.70. The van der Waals surface area contributed by atoms with E-state index in [0.717, 1.165) is 22.9 Å². The van der Waals surface area contributed by atoms with E-state index in [1.54, 1.807) is 6.39 Å². The van der Waals surface area contributed by atoms with Crippen LogP contribution in [-0.4, -0.2) is 11.3 Å². The first-order valence-corrected chi connectivity index (χ1v) is 7.49. The number of carbonyl (C=O) groups is 1. The van der Waals surface area contributed by atoms with E-state index in [9.17, 15) is 4.79 Å². The van der Waals surface area contributed by atoms with E-state index < -0.39 is 0 Å². The third-order valence-corrected chi connectivity index (χ3v) is 5.61. The average Bonchev–Trinajstić information content (AvgIpc) is 3.01. The van der Waals surface area contributed by atoms with Crippen molar-refractivity contribution in [1.29, 1.82) is 0 Å². The summed E-state index contributed by atoms with van der Waals surface area (Å²) in [5.74, 6) is 1.44. The maximum Gasteiger partial charge on any atom is 0.182 e. The predicted octanol–water partition coefficient (Wildman–Crippen LogP) is 4.05. The van der Waals surface area contributed by atoms with Crippen molar-refractivity contribution in [2.75, 3.05) is 0 Å². The summed E-state index contributed by atoms with van der Waals surface area (Å²) in [6.45, 7) is 6.57. The van der Waals surface area contributed by atoms with E-state index in [1.807, 2.05) is 0 Å². The van der Waals surface area contributed by atoms with Crippen molar-refractivity contribution in [2.45, 2.75) is 51.4 Å². The molecule has 1 aromatic heterocycles. The molecule has 0 aliphatic heterocycles. The van der Waals surface area contributed by atoms with E-state index in [4.69, 9.17) is 4.42 Å². The Kier molecular flexibility index (Phi) is 2.39. The van der Waals surface area contributed by atoms with Crippen LogP contribution in [0.1, 0.15) is 66.7 Å². The molecule has 0 saturated carbocycles. The normalized spacial score (nSPS) is 31.6. The lowest BCUT2D eigenvalue weighted by atomic mass is 9.75. The lowest BCUT2D eigenvalue weighted by Crippen LogP contribution is -2.15. The molecule has 0 spiro atoms. The Bertz CT molecular complexity index is 715. The van der Waals surface area contributed by atoms with Crippen molar-refractivity contribution in [3.8, 4) is 0 Å². The molecule has 104 valence electrons. The highest BCUT2D eigenvalue weighted by Gasteiger charge is 2.44. The van der Waals surface area contributed by atoms with Gasteiger partial charge in [0.15, 0.2) is 12.0 Å². The van der Waals surface area contributed by atoms with Crippen molar-refractivity contribution in [3.63, 3.8) is 0 Å². The molecule has 1 aromatic carbocycles. The van der Waals surface area contributed by atoms with Crippen LogP contribution in [0.3, 0.4) is 0 Å². The van der Waals surface area contributed by atoms with E-state index >= 15 is 0 Å². The third-order valence-electron chi connectivity index (χ3n) is 5.61. The van der Waals surface area contributed by atoms with Crippen LogP contribution in [0.15, 0.2) is 10.8 Å². The first kappa shape index (κ1) is 12.1. The molecule has 2 aliphatic rings. The number of rotatable bonds is 1. The lowest BCUT2D eigenvalue weighted by Gasteiger charge is -2.29. The summed E-state index contributed by atoms with van der Waals surface area (Å²) in [5.41, 5.74) is 7.04. The van der Waals surface area contributed by atoms with Gasteiger partial charge < -0.3 is 9.21 Å². The highest BCUT2D eigenvalue weighted by Crippen LogP contribution is 2.56. The van der Waals surface area contributed by atoms with Crippen LogP contribution in [0, 0.1) is 12.8 Å². The molecular formula is C17H19NO2. The number of aryl methyl sites for hydroxylation is 1. The second-order valence-electron chi connectivity index (χ2n) is 6.50. The molecule has 0 N–H and O–H groups in total. The zero-order valence-corrected chi connectivity index (χ0v) is 12.1. The summed E-state index contributed by atoms with van der Waals surface area (Å²) in [5, 5.41) is 0. The molecule has 0 fully saturated rings. The van der Waals surface area contributed by atoms with Gasteiger partial charge >= 0.3 is 0 Å². The fourth-order valence-corrected chi connectivity index (χ4v) is 4.57. The SMILES string of the molecule is Cc1c2c3c(c4ocnc14)[C@@H](C)CCC3[C@@H](C)C2C=O. The molecule has 4 rings (SSSR count). The number of aromatic nitrogens is 1. The Hall–Kier alpha value is -1.64. The Labute approximate surface area is 118 Å². The number of hydrogen-bond donors (Lipinski definition) is 0. The topological polar surface area (TPSA) is 43.1 Å². The number of carbonyl (C=O) groups excluding carboxylic acids is 1. The fraction of sp³-hybridized carbons (Fsp3) is 0.529. The van der Waals surface area contributed by atoms with Gasteiger partial charge in [-0.05, 0) is 54.2 Å². The van der Waals surface area contributed by atoms with Crippen molar-refractivity contribution in [3.05, 3.63) is 28.6 Å². The van der Waals surface area contributed by atoms with Gasteiger partial charge in [-0.3, -0.25) is 0 Å². The minimum atomic E-state index is 0.0279. The minimum Gasteiger partial charge on any atom is -0.443 e. The molecule has 0 amide bonds. The van der Waals surface area contributed by atoms with Crippen LogP contribution in [0.4, 0.5) is 0 Å². The van der Waals surface area contributed by atoms with Gasteiger partial charge in [-0.25, -0.2) is 4.98 Å². The third kappa shape index (κ3) is 1.26. The molecule has 3 nitrogen and oxygen atoms in total. The second kappa shape index (κ2) is 3.94. The van der Waals surface area contributed by atoms with Crippen LogP contribution < -0.4 is 0 Å². The second-order valence-corrected chi connectivity index (χ2v) is 6.50. The summed E-state index contributed by atoms with van der Waals surface area (Å²) >= 11 is 0. The molecule has 0 bridgehead atoms. The van der Waals surface area contributed by atoms with Gasteiger partial charge in [0.2, 0.25) is 0 Å². The van der Waals surface area contributed by atoms with Crippen LogP contribution in [0.2, 0.25) is 0 Å². The predicted molar refractivity (Wildman–Crippen MR) is 77.1 cm³/mol. The zero-order valence-electron chi connectivity index (χ0n) is 12.1. The molecular weight excluding hydrogens is 250 g/mol. The molecule has 2 unspecified atom stereocenters. The Balaban J connectivity index is 2.17. The van der Waals surface area contributed by atoms with Crippen LogP contribution >= 0.6 is 0 Å². The summed E-state index contributed by atoms with van der Waals surface area (Å²) in [7, 11) is 0. The van der Waals surface area contributed by atoms with Gasteiger partial charge in [-0.2, -0.15) is 0 Å². The largest absolute Gasteiger partial charge is 0.443 e. The molecule has 3 heteroatoms. The van der Waals surface area contributed by atoms with E-state index in [2.05, 4.69) is 25.8 Å².